The molecule has 1 aromatic carbocycles. The largest absolute Gasteiger partial charge is 0.503 e. The highest BCUT2D eigenvalue weighted by atomic mass is 32.1. The zero-order valence-corrected chi connectivity index (χ0v) is 19.6. The lowest BCUT2D eigenvalue weighted by Crippen LogP contribution is -2.39. The van der Waals surface area contributed by atoms with Crippen molar-refractivity contribution in [1.29, 1.82) is 0 Å². The van der Waals surface area contributed by atoms with E-state index < -0.39 is 17.7 Å². The number of amides is 1. The van der Waals surface area contributed by atoms with Gasteiger partial charge in [-0.3, -0.25) is 14.5 Å². The van der Waals surface area contributed by atoms with Crippen molar-refractivity contribution in [3.05, 3.63) is 57.5 Å². The molecule has 33 heavy (non-hydrogen) atoms. The number of ketones is 1. The molecular weight excluding hydrogens is 444 g/mol. The third-order valence-electron chi connectivity index (χ3n) is 6.01. The lowest BCUT2D eigenvalue weighted by Gasteiger charge is -2.30. The maximum Gasteiger partial charge on any atom is 0.290 e. The van der Waals surface area contributed by atoms with Crippen LogP contribution in [0.3, 0.4) is 0 Å². The number of aliphatic hydroxyl groups is 1. The molecule has 1 aromatic heterocycles. The van der Waals surface area contributed by atoms with Crippen LogP contribution in [0.5, 0.6) is 11.5 Å². The van der Waals surface area contributed by atoms with Gasteiger partial charge in [-0.1, -0.05) is 6.07 Å². The lowest BCUT2D eigenvalue weighted by molar-refractivity contribution is -0.129. The predicted octanol–water partition coefficient (Wildman–Crippen LogP) is 3.07. The summed E-state index contributed by atoms with van der Waals surface area (Å²) in [6.45, 7) is 4.31. The van der Waals surface area contributed by atoms with Crippen molar-refractivity contribution in [2.45, 2.75) is 12.5 Å². The van der Waals surface area contributed by atoms with Crippen LogP contribution in [0.4, 0.5) is 0 Å². The molecule has 0 radical (unpaired) electrons. The van der Waals surface area contributed by atoms with Crippen LogP contribution in [0.25, 0.3) is 0 Å². The Morgan fingerprint density at radius 1 is 1.18 bits per heavy atom. The summed E-state index contributed by atoms with van der Waals surface area (Å²) >= 11 is 1.28. The minimum absolute atomic E-state index is 0.0808. The highest BCUT2D eigenvalue weighted by molar-refractivity contribution is 7.12. The number of aliphatic hydroxyl groups excluding tert-OH is 1. The molecule has 0 unspecified atom stereocenters. The van der Waals surface area contributed by atoms with E-state index in [0.29, 0.717) is 48.1 Å². The maximum absolute atomic E-state index is 13.4. The molecule has 1 atom stereocenters. The summed E-state index contributed by atoms with van der Waals surface area (Å²) < 4.78 is 16.3. The van der Waals surface area contributed by atoms with Crippen molar-refractivity contribution >= 4 is 23.0 Å². The number of ether oxygens (including phenoxy) is 3. The molecule has 4 rings (SSSR count). The SMILES string of the molecule is COc1ccc([C@H]2C(C(=O)c3cccs3)=C(O)C(=O)N2CCCN2CCOCC2)c(OC)c1. The normalized spacial score (nSPS) is 19.3. The zero-order valence-electron chi connectivity index (χ0n) is 18.8. The maximum atomic E-state index is 13.4. The molecule has 2 aromatic rings. The molecule has 176 valence electrons. The molecule has 1 amide bonds. The number of carbonyl (C=O) groups excluding carboxylic acids is 2. The summed E-state index contributed by atoms with van der Waals surface area (Å²) in [5, 5.41) is 12.6. The molecule has 3 heterocycles. The van der Waals surface area contributed by atoms with E-state index in [9.17, 15) is 14.7 Å². The van der Waals surface area contributed by atoms with Gasteiger partial charge in [-0.25, -0.2) is 0 Å². The van der Waals surface area contributed by atoms with Gasteiger partial charge in [0.1, 0.15) is 11.5 Å². The van der Waals surface area contributed by atoms with Gasteiger partial charge in [0, 0.05) is 37.8 Å². The smallest absolute Gasteiger partial charge is 0.290 e. The fourth-order valence-corrected chi connectivity index (χ4v) is 4.99. The van der Waals surface area contributed by atoms with Crippen LogP contribution in [0.1, 0.15) is 27.7 Å². The van der Waals surface area contributed by atoms with E-state index in [1.807, 2.05) is 0 Å². The summed E-state index contributed by atoms with van der Waals surface area (Å²) in [6.07, 6.45) is 0.703. The summed E-state index contributed by atoms with van der Waals surface area (Å²) in [4.78, 5) is 30.8. The Hall–Kier alpha value is -2.88. The zero-order chi connectivity index (χ0) is 23.4. The second-order valence-electron chi connectivity index (χ2n) is 7.89. The number of hydrogen-bond donors (Lipinski definition) is 1. The number of carbonyl (C=O) groups is 2. The number of nitrogens with zero attached hydrogens (tertiary/aromatic N) is 2. The van der Waals surface area contributed by atoms with Gasteiger partial charge in [0.05, 0.1) is 43.9 Å². The van der Waals surface area contributed by atoms with E-state index >= 15 is 0 Å². The van der Waals surface area contributed by atoms with Crippen LogP contribution >= 0.6 is 11.3 Å². The molecule has 2 aliphatic heterocycles. The fraction of sp³-hybridized carbons (Fsp3) is 0.417. The van der Waals surface area contributed by atoms with Crippen molar-refractivity contribution in [2.75, 3.05) is 53.6 Å². The van der Waals surface area contributed by atoms with Crippen LogP contribution in [-0.2, 0) is 9.53 Å². The number of rotatable bonds is 9. The Balaban J connectivity index is 1.67. The number of hydrogen-bond acceptors (Lipinski definition) is 8. The minimum atomic E-state index is -0.752. The van der Waals surface area contributed by atoms with Gasteiger partial charge in [0.25, 0.3) is 5.91 Å². The first-order chi connectivity index (χ1) is 16.0. The van der Waals surface area contributed by atoms with Crippen LogP contribution in [0, 0.1) is 0 Å². The Morgan fingerprint density at radius 2 is 1.97 bits per heavy atom. The van der Waals surface area contributed by atoms with Crippen LogP contribution in [0.15, 0.2) is 47.0 Å². The Bertz CT molecular complexity index is 1030. The number of thiophene rings is 1. The third-order valence-corrected chi connectivity index (χ3v) is 6.87. The van der Waals surface area contributed by atoms with Gasteiger partial charge in [0.15, 0.2) is 5.76 Å². The van der Waals surface area contributed by atoms with Gasteiger partial charge in [-0.2, -0.15) is 0 Å². The van der Waals surface area contributed by atoms with Crippen molar-refractivity contribution in [3.63, 3.8) is 0 Å². The van der Waals surface area contributed by atoms with Crippen LogP contribution < -0.4 is 9.47 Å². The van der Waals surface area contributed by atoms with Crippen LogP contribution in [0.2, 0.25) is 0 Å². The van der Waals surface area contributed by atoms with Crippen molar-refractivity contribution in [1.82, 2.24) is 9.80 Å². The quantitative estimate of drug-likeness (QED) is 0.561. The average Bonchev–Trinajstić information content (AvgIpc) is 3.47. The average molecular weight is 473 g/mol. The first kappa shape index (κ1) is 23.3. The second-order valence-corrected chi connectivity index (χ2v) is 8.83. The van der Waals surface area contributed by atoms with E-state index in [4.69, 9.17) is 14.2 Å². The summed E-state index contributed by atoms with van der Waals surface area (Å²) in [5.41, 5.74) is 0.708. The fourth-order valence-electron chi connectivity index (χ4n) is 4.31. The molecule has 9 heteroatoms. The van der Waals surface area contributed by atoms with Gasteiger partial charge >= 0.3 is 0 Å². The van der Waals surface area contributed by atoms with Gasteiger partial charge in [0.2, 0.25) is 5.78 Å². The first-order valence-corrected chi connectivity index (χ1v) is 11.8. The highest BCUT2D eigenvalue weighted by Crippen LogP contribution is 2.43. The minimum Gasteiger partial charge on any atom is -0.503 e. The van der Waals surface area contributed by atoms with Gasteiger partial charge in [-0.15, -0.1) is 11.3 Å². The molecule has 1 fully saturated rings. The first-order valence-electron chi connectivity index (χ1n) is 10.9. The van der Waals surface area contributed by atoms with Crippen molar-refractivity contribution in [2.24, 2.45) is 0 Å². The molecule has 0 saturated carbocycles. The summed E-state index contributed by atoms with van der Waals surface area (Å²) in [7, 11) is 3.09. The van der Waals surface area contributed by atoms with Crippen LogP contribution in [-0.4, -0.2) is 80.2 Å². The predicted molar refractivity (Wildman–Crippen MR) is 124 cm³/mol. The van der Waals surface area contributed by atoms with Gasteiger partial charge in [-0.05, 0) is 30.0 Å². The molecule has 8 nitrogen and oxygen atoms in total. The van der Waals surface area contributed by atoms with E-state index in [0.717, 1.165) is 19.6 Å². The topological polar surface area (TPSA) is 88.5 Å². The van der Waals surface area contributed by atoms with Crippen molar-refractivity contribution in [3.8, 4) is 11.5 Å². The molecule has 2 aliphatic rings. The highest BCUT2D eigenvalue weighted by Gasteiger charge is 2.44. The molecular formula is C24H28N2O6S. The molecule has 0 aliphatic carbocycles. The molecule has 1 N–H and O–H groups in total. The van der Waals surface area contributed by atoms with E-state index in [-0.39, 0.29) is 11.4 Å². The molecule has 0 spiro atoms. The van der Waals surface area contributed by atoms with Crippen molar-refractivity contribution < 1.29 is 28.9 Å². The van der Waals surface area contributed by atoms with E-state index in [1.54, 1.807) is 47.7 Å². The number of methoxy groups -OCH3 is 2. The second kappa shape index (κ2) is 10.4. The summed E-state index contributed by atoms with van der Waals surface area (Å²) in [5.74, 6) is -0.313. The van der Waals surface area contributed by atoms with E-state index in [1.165, 1.54) is 18.4 Å². The number of Topliss-reactive ketones (excluding diaryl/α,β-unsaturated/α-hetero) is 1. The van der Waals surface area contributed by atoms with E-state index in [2.05, 4.69) is 4.90 Å². The Labute approximate surface area is 197 Å². The molecule has 1 saturated heterocycles. The Morgan fingerprint density at radius 3 is 2.64 bits per heavy atom. The monoisotopic (exact) mass is 472 g/mol. The number of benzene rings is 1. The lowest BCUT2D eigenvalue weighted by atomic mass is 9.94. The summed E-state index contributed by atoms with van der Waals surface area (Å²) in [6, 6.07) is 7.98. The number of morpholine rings is 1. The van der Waals surface area contributed by atoms with Gasteiger partial charge < -0.3 is 24.2 Å². The molecule has 0 bridgehead atoms. The standard InChI is InChI=1S/C24H28N2O6S/c1-30-16-6-7-17(18(15-16)31-2)21-20(22(27)19-5-3-14-33-19)23(28)24(29)26(21)9-4-8-25-10-12-32-13-11-25/h3,5-7,14-15,21,28H,4,8-13H2,1-2H3/t21-/m0/s1. The Kier molecular flexibility index (Phi) is 7.32. The third kappa shape index (κ3) is 4.75.